The van der Waals surface area contributed by atoms with E-state index >= 15 is 0 Å². The summed E-state index contributed by atoms with van der Waals surface area (Å²) in [5.74, 6) is 1.73. The minimum absolute atomic E-state index is 0.0841. The maximum atomic E-state index is 12.1. The molecule has 0 radical (unpaired) electrons. The fourth-order valence-electron chi connectivity index (χ4n) is 2.46. The zero-order valence-electron chi connectivity index (χ0n) is 16.5. The van der Waals surface area contributed by atoms with Crippen molar-refractivity contribution in [2.24, 2.45) is 0 Å². The number of carbonyl (C=O) groups excluding carboxylic acids is 1. The molecule has 0 aliphatic heterocycles. The Bertz CT molecular complexity index is 943. The van der Waals surface area contributed by atoms with Gasteiger partial charge in [-0.2, -0.15) is 5.10 Å². The summed E-state index contributed by atoms with van der Waals surface area (Å²) >= 11 is 0. The number of anilines is 4. The van der Waals surface area contributed by atoms with E-state index in [-0.39, 0.29) is 12.5 Å². The number of benzene rings is 2. The number of hydrogen-bond donors (Lipinski definition) is 2. The van der Waals surface area contributed by atoms with Crippen molar-refractivity contribution >= 4 is 28.8 Å². The molecule has 0 unspecified atom stereocenters. The van der Waals surface area contributed by atoms with Gasteiger partial charge in [0, 0.05) is 31.5 Å². The van der Waals surface area contributed by atoms with Crippen LogP contribution < -0.4 is 25.0 Å². The minimum Gasteiger partial charge on any atom is -0.497 e. The highest BCUT2D eigenvalue weighted by Gasteiger charge is 2.05. The van der Waals surface area contributed by atoms with Gasteiger partial charge in [0.2, 0.25) is 0 Å². The number of nitrogens with one attached hydrogen (secondary N) is 2. The van der Waals surface area contributed by atoms with Gasteiger partial charge in [0.25, 0.3) is 5.91 Å². The average Bonchev–Trinajstić information content (AvgIpc) is 2.74. The van der Waals surface area contributed by atoms with Crippen molar-refractivity contribution in [1.29, 1.82) is 0 Å². The summed E-state index contributed by atoms with van der Waals surface area (Å²) in [5, 5.41) is 14.0. The molecule has 0 spiro atoms. The van der Waals surface area contributed by atoms with Crippen molar-refractivity contribution in [2.75, 3.05) is 43.3 Å². The topological polar surface area (TPSA) is 88.6 Å². The number of amides is 1. The quantitative estimate of drug-likeness (QED) is 0.607. The molecule has 0 aliphatic rings. The van der Waals surface area contributed by atoms with Crippen LogP contribution in [0.5, 0.6) is 11.5 Å². The first-order valence-electron chi connectivity index (χ1n) is 8.97. The van der Waals surface area contributed by atoms with Gasteiger partial charge in [-0.3, -0.25) is 4.79 Å². The lowest BCUT2D eigenvalue weighted by molar-refractivity contribution is -0.118. The molecule has 8 nitrogen and oxygen atoms in total. The summed E-state index contributed by atoms with van der Waals surface area (Å²) in [6.45, 7) is -0.0841. The SMILES string of the molecule is COc1ccc(OCC(=O)Nc2ccc(Nc3cc(N(C)C)cnn3)cc2)cc1. The van der Waals surface area contributed by atoms with Crippen molar-refractivity contribution in [3.05, 3.63) is 60.8 Å². The third-order valence-corrected chi connectivity index (χ3v) is 4.03. The summed E-state index contributed by atoms with van der Waals surface area (Å²) in [4.78, 5) is 14.0. The van der Waals surface area contributed by atoms with E-state index in [0.29, 0.717) is 17.3 Å². The lowest BCUT2D eigenvalue weighted by atomic mass is 10.2. The number of rotatable bonds is 8. The second kappa shape index (κ2) is 9.41. The minimum atomic E-state index is -0.244. The number of ether oxygens (including phenoxy) is 2. The van der Waals surface area contributed by atoms with Gasteiger partial charge < -0.3 is 25.0 Å². The molecule has 0 atom stereocenters. The summed E-state index contributed by atoms with van der Waals surface area (Å²) in [5.41, 5.74) is 2.46. The predicted molar refractivity (Wildman–Crippen MR) is 113 cm³/mol. The van der Waals surface area contributed by atoms with Crippen LogP contribution in [0.25, 0.3) is 0 Å². The Morgan fingerprint density at radius 3 is 2.31 bits per heavy atom. The van der Waals surface area contributed by atoms with Crippen LogP contribution >= 0.6 is 0 Å². The molecular formula is C21H23N5O3. The van der Waals surface area contributed by atoms with Crippen molar-refractivity contribution < 1.29 is 14.3 Å². The second-order valence-electron chi connectivity index (χ2n) is 6.41. The smallest absolute Gasteiger partial charge is 0.262 e. The summed E-state index contributed by atoms with van der Waals surface area (Å²) in [6.07, 6.45) is 1.69. The third-order valence-electron chi connectivity index (χ3n) is 4.03. The maximum absolute atomic E-state index is 12.1. The lowest BCUT2D eigenvalue weighted by Gasteiger charge is -2.13. The van der Waals surface area contributed by atoms with Crippen LogP contribution in [0.1, 0.15) is 0 Å². The molecule has 1 aromatic heterocycles. The van der Waals surface area contributed by atoms with Crippen LogP contribution in [-0.2, 0) is 4.79 Å². The molecule has 0 saturated carbocycles. The van der Waals surface area contributed by atoms with Crippen molar-refractivity contribution in [3.8, 4) is 11.5 Å². The Morgan fingerprint density at radius 1 is 1.00 bits per heavy atom. The largest absolute Gasteiger partial charge is 0.497 e. The third kappa shape index (κ3) is 5.83. The van der Waals surface area contributed by atoms with Crippen molar-refractivity contribution in [2.45, 2.75) is 0 Å². The Morgan fingerprint density at radius 2 is 1.66 bits per heavy atom. The van der Waals surface area contributed by atoms with Gasteiger partial charge in [-0.15, -0.1) is 5.10 Å². The normalized spacial score (nSPS) is 10.2. The Kier molecular flexibility index (Phi) is 6.47. The predicted octanol–water partition coefficient (Wildman–Crippen LogP) is 3.31. The first kappa shape index (κ1) is 19.9. The van der Waals surface area contributed by atoms with Gasteiger partial charge in [0.1, 0.15) is 11.5 Å². The highest BCUT2D eigenvalue weighted by atomic mass is 16.5. The van der Waals surface area contributed by atoms with E-state index in [0.717, 1.165) is 17.1 Å². The molecule has 0 fully saturated rings. The van der Waals surface area contributed by atoms with Crippen molar-refractivity contribution in [3.63, 3.8) is 0 Å². The van der Waals surface area contributed by atoms with E-state index in [1.807, 2.05) is 37.2 Å². The Labute approximate surface area is 169 Å². The molecule has 2 N–H and O–H groups in total. The molecule has 29 heavy (non-hydrogen) atoms. The number of methoxy groups -OCH3 is 1. The fraction of sp³-hybridized carbons (Fsp3) is 0.190. The van der Waals surface area contributed by atoms with Crippen molar-refractivity contribution in [1.82, 2.24) is 10.2 Å². The molecule has 0 aliphatic carbocycles. The maximum Gasteiger partial charge on any atom is 0.262 e. The number of hydrogen-bond acceptors (Lipinski definition) is 7. The molecule has 8 heteroatoms. The molecule has 150 valence electrons. The average molecular weight is 393 g/mol. The van der Waals surface area contributed by atoms with Gasteiger partial charge in [-0.25, -0.2) is 0 Å². The highest BCUT2D eigenvalue weighted by molar-refractivity contribution is 5.92. The van der Waals surface area contributed by atoms with Crippen LogP contribution in [0.3, 0.4) is 0 Å². The molecule has 3 rings (SSSR count). The Balaban J connectivity index is 1.51. The zero-order valence-corrected chi connectivity index (χ0v) is 16.5. The van der Waals surface area contributed by atoms with Gasteiger partial charge >= 0.3 is 0 Å². The highest BCUT2D eigenvalue weighted by Crippen LogP contribution is 2.20. The van der Waals surface area contributed by atoms with E-state index < -0.39 is 0 Å². The molecule has 1 amide bonds. The zero-order chi connectivity index (χ0) is 20.6. The lowest BCUT2D eigenvalue weighted by Crippen LogP contribution is -2.20. The monoisotopic (exact) mass is 393 g/mol. The molecule has 3 aromatic rings. The van der Waals surface area contributed by atoms with Gasteiger partial charge in [0.05, 0.1) is 19.0 Å². The van der Waals surface area contributed by atoms with E-state index in [4.69, 9.17) is 9.47 Å². The van der Waals surface area contributed by atoms with Crippen LogP contribution in [0.15, 0.2) is 60.8 Å². The summed E-state index contributed by atoms with van der Waals surface area (Å²) in [6, 6.07) is 16.3. The Hall–Kier alpha value is -3.81. The van der Waals surface area contributed by atoms with E-state index in [1.54, 1.807) is 49.7 Å². The molecule has 2 aromatic carbocycles. The van der Waals surface area contributed by atoms with Crippen LogP contribution in [-0.4, -0.2) is 43.9 Å². The van der Waals surface area contributed by atoms with Gasteiger partial charge in [-0.1, -0.05) is 0 Å². The van der Waals surface area contributed by atoms with Gasteiger partial charge in [-0.05, 0) is 48.5 Å². The van der Waals surface area contributed by atoms with Crippen LogP contribution in [0.2, 0.25) is 0 Å². The van der Waals surface area contributed by atoms with Crippen LogP contribution in [0, 0.1) is 0 Å². The first-order valence-corrected chi connectivity index (χ1v) is 8.97. The first-order chi connectivity index (χ1) is 14.0. The standard InChI is InChI=1S/C21H23N5O3/c1-26(2)17-12-20(25-22-13-17)23-15-4-6-16(7-5-15)24-21(27)14-29-19-10-8-18(28-3)9-11-19/h4-13H,14H2,1-3H3,(H,23,25)(H,24,27). The second-order valence-corrected chi connectivity index (χ2v) is 6.41. The molecule has 0 bridgehead atoms. The number of carbonyl (C=O) groups is 1. The van der Waals surface area contributed by atoms with E-state index in [2.05, 4.69) is 20.8 Å². The molecule has 1 heterocycles. The number of nitrogens with zero attached hydrogens (tertiary/aromatic N) is 3. The summed E-state index contributed by atoms with van der Waals surface area (Å²) in [7, 11) is 5.48. The van der Waals surface area contributed by atoms with E-state index in [1.165, 1.54) is 0 Å². The number of aromatic nitrogens is 2. The van der Waals surface area contributed by atoms with E-state index in [9.17, 15) is 4.79 Å². The van der Waals surface area contributed by atoms with Crippen LogP contribution in [0.4, 0.5) is 22.9 Å². The molecule has 0 saturated heterocycles. The summed E-state index contributed by atoms with van der Waals surface area (Å²) < 4.78 is 10.6. The fourth-order valence-corrected chi connectivity index (χ4v) is 2.46. The van der Waals surface area contributed by atoms with Gasteiger partial charge in [0.15, 0.2) is 12.4 Å². The molecular weight excluding hydrogens is 370 g/mol.